The quantitative estimate of drug-likeness (QED) is 0.913. The van der Waals surface area contributed by atoms with E-state index < -0.39 is 0 Å². The molecule has 2 heterocycles. The maximum Gasteiger partial charge on any atom is 0.0386 e. The van der Waals surface area contributed by atoms with E-state index in [4.69, 9.17) is 0 Å². The standard InChI is InChI=1S/C18H29N3/c1-15(2)20-12-8-16(9-13-20)19-17-6-5-7-18(14-17)21-10-3-4-11-21/h5-7,14-16,19H,3-4,8-13H2,1-2H3. The summed E-state index contributed by atoms with van der Waals surface area (Å²) in [7, 11) is 0. The van der Waals surface area contributed by atoms with Gasteiger partial charge in [0, 0.05) is 49.6 Å². The van der Waals surface area contributed by atoms with Crippen LogP contribution in [0.2, 0.25) is 0 Å². The predicted molar refractivity (Wildman–Crippen MR) is 91.2 cm³/mol. The van der Waals surface area contributed by atoms with Gasteiger partial charge in [0.25, 0.3) is 0 Å². The number of piperidine rings is 1. The van der Waals surface area contributed by atoms with Gasteiger partial charge in [0.1, 0.15) is 0 Å². The largest absolute Gasteiger partial charge is 0.382 e. The summed E-state index contributed by atoms with van der Waals surface area (Å²) in [5, 5.41) is 3.75. The molecule has 2 saturated heterocycles. The highest BCUT2D eigenvalue weighted by Crippen LogP contribution is 2.25. The number of hydrogen-bond donors (Lipinski definition) is 1. The molecule has 2 aliphatic rings. The molecule has 21 heavy (non-hydrogen) atoms. The molecule has 0 amide bonds. The molecule has 3 heteroatoms. The van der Waals surface area contributed by atoms with Crippen molar-refractivity contribution in [3.63, 3.8) is 0 Å². The summed E-state index contributed by atoms with van der Waals surface area (Å²) in [5.74, 6) is 0. The molecule has 1 N–H and O–H groups in total. The number of rotatable bonds is 4. The van der Waals surface area contributed by atoms with Crippen molar-refractivity contribution in [2.45, 2.75) is 51.6 Å². The van der Waals surface area contributed by atoms with Gasteiger partial charge in [-0.25, -0.2) is 0 Å². The lowest BCUT2D eigenvalue weighted by Gasteiger charge is -2.35. The van der Waals surface area contributed by atoms with Gasteiger partial charge in [-0.3, -0.25) is 0 Å². The first kappa shape index (κ1) is 14.7. The Kier molecular flexibility index (Phi) is 4.69. The van der Waals surface area contributed by atoms with Crippen LogP contribution in [-0.4, -0.2) is 43.2 Å². The highest BCUT2D eigenvalue weighted by molar-refractivity contribution is 5.58. The van der Waals surface area contributed by atoms with Crippen LogP contribution >= 0.6 is 0 Å². The number of nitrogens with zero attached hydrogens (tertiary/aromatic N) is 2. The zero-order valence-electron chi connectivity index (χ0n) is 13.5. The fourth-order valence-corrected chi connectivity index (χ4v) is 3.56. The van der Waals surface area contributed by atoms with E-state index in [1.165, 1.54) is 63.2 Å². The van der Waals surface area contributed by atoms with Crippen molar-refractivity contribution in [2.75, 3.05) is 36.4 Å². The number of likely N-dealkylation sites (tertiary alicyclic amines) is 1. The third kappa shape index (κ3) is 3.70. The first-order chi connectivity index (χ1) is 10.2. The molecule has 0 aromatic heterocycles. The Bertz CT molecular complexity index is 444. The molecule has 0 radical (unpaired) electrons. The van der Waals surface area contributed by atoms with E-state index in [2.05, 4.69) is 53.2 Å². The minimum atomic E-state index is 0.633. The molecule has 0 spiro atoms. The van der Waals surface area contributed by atoms with Crippen molar-refractivity contribution in [1.82, 2.24) is 4.90 Å². The second-order valence-electron chi connectivity index (χ2n) is 6.79. The Hall–Kier alpha value is -1.22. The van der Waals surface area contributed by atoms with E-state index >= 15 is 0 Å². The lowest BCUT2D eigenvalue weighted by Crippen LogP contribution is -2.42. The summed E-state index contributed by atoms with van der Waals surface area (Å²) in [6.07, 6.45) is 5.19. The van der Waals surface area contributed by atoms with Crippen molar-refractivity contribution >= 4 is 11.4 Å². The monoisotopic (exact) mass is 287 g/mol. The van der Waals surface area contributed by atoms with Crippen molar-refractivity contribution < 1.29 is 0 Å². The van der Waals surface area contributed by atoms with Crippen LogP contribution in [0.25, 0.3) is 0 Å². The van der Waals surface area contributed by atoms with Gasteiger partial charge in [-0.1, -0.05) is 6.07 Å². The Morgan fingerprint density at radius 2 is 1.76 bits per heavy atom. The molecular weight excluding hydrogens is 258 g/mol. The topological polar surface area (TPSA) is 18.5 Å². The zero-order chi connectivity index (χ0) is 14.7. The second-order valence-corrected chi connectivity index (χ2v) is 6.79. The number of anilines is 2. The smallest absolute Gasteiger partial charge is 0.0386 e. The molecule has 1 aromatic rings. The van der Waals surface area contributed by atoms with Gasteiger partial charge in [0.2, 0.25) is 0 Å². The minimum Gasteiger partial charge on any atom is -0.382 e. The normalized spacial score (nSPS) is 21.2. The molecule has 1 aromatic carbocycles. The van der Waals surface area contributed by atoms with Gasteiger partial charge < -0.3 is 15.1 Å². The Labute approximate surface area is 129 Å². The van der Waals surface area contributed by atoms with Crippen LogP contribution in [0.15, 0.2) is 24.3 Å². The predicted octanol–water partition coefficient (Wildman–Crippen LogP) is 3.57. The Morgan fingerprint density at radius 1 is 1.05 bits per heavy atom. The number of benzene rings is 1. The van der Waals surface area contributed by atoms with Crippen LogP contribution in [0.5, 0.6) is 0 Å². The van der Waals surface area contributed by atoms with Crippen molar-refractivity contribution in [3.8, 4) is 0 Å². The molecule has 3 nitrogen and oxygen atoms in total. The van der Waals surface area contributed by atoms with Gasteiger partial charge in [0.15, 0.2) is 0 Å². The molecule has 116 valence electrons. The van der Waals surface area contributed by atoms with Crippen LogP contribution < -0.4 is 10.2 Å². The second kappa shape index (κ2) is 6.69. The summed E-state index contributed by atoms with van der Waals surface area (Å²) >= 11 is 0. The summed E-state index contributed by atoms with van der Waals surface area (Å²) in [5.41, 5.74) is 2.68. The SMILES string of the molecule is CC(C)N1CCC(Nc2cccc(N3CCCC3)c2)CC1. The van der Waals surface area contributed by atoms with Crippen LogP contribution in [0.3, 0.4) is 0 Å². The zero-order valence-corrected chi connectivity index (χ0v) is 13.5. The van der Waals surface area contributed by atoms with Crippen molar-refractivity contribution in [3.05, 3.63) is 24.3 Å². The number of hydrogen-bond acceptors (Lipinski definition) is 3. The van der Waals surface area contributed by atoms with Gasteiger partial charge in [0.05, 0.1) is 0 Å². The summed E-state index contributed by atoms with van der Waals surface area (Å²) in [6, 6.07) is 10.3. The average molecular weight is 287 g/mol. The van der Waals surface area contributed by atoms with Crippen LogP contribution in [0.1, 0.15) is 39.5 Å². The van der Waals surface area contributed by atoms with Crippen LogP contribution in [-0.2, 0) is 0 Å². The summed E-state index contributed by atoms with van der Waals surface area (Å²) in [4.78, 5) is 5.09. The molecule has 0 bridgehead atoms. The Morgan fingerprint density at radius 3 is 2.43 bits per heavy atom. The van der Waals surface area contributed by atoms with E-state index in [1.54, 1.807) is 0 Å². The maximum atomic E-state index is 3.75. The highest BCUT2D eigenvalue weighted by atomic mass is 15.2. The third-order valence-corrected chi connectivity index (χ3v) is 4.95. The van der Waals surface area contributed by atoms with Gasteiger partial charge in [-0.05, 0) is 57.7 Å². The lowest BCUT2D eigenvalue weighted by atomic mass is 10.0. The van der Waals surface area contributed by atoms with Gasteiger partial charge in [-0.15, -0.1) is 0 Å². The van der Waals surface area contributed by atoms with Crippen molar-refractivity contribution in [2.24, 2.45) is 0 Å². The molecule has 0 unspecified atom stereocenters. The van der Waals surface area contributed by atoms with Crippen LogP contribution in [0.4, 0.5) is 11.4 Å². The highest BCUT2D eigenvalue weighted by Gasteiger charge is 2.20. The van der Waals surface area contributed by atoms with Gasteiger partial charge >= 0.3 is 0 Å². The number of nitrogens with one attached hydrogen (secondary N) is 1. The van der Waals surface area contributed by atoms with Gasteiger partial charge in [-0.2, -0.15) is 0 Å². The molecular formula is C18H29N3. The fourth-order valence-electron chi connectivity index (χ4n) is 3.56. The fraction of sp³-hybridized carbons (Fsp3) is 0.667. The van der Waals surface area contributed by atoms with E-state index in [9.17, 15) is 0 Å². The molecule has 3 rings (SSSR count). The van der Waals surface area contributed by atoms with E-state index in [0.29, 0.717) is 12.1 Å². The van der Waals surface area contributed by atoms with Crippen molar-refractivity contribution in [1.29, 1.82) is 0 Å². The first-order valence-electron chi connectivity index (χ1n) is 8.58. The van der Waals surface area contributed by atoms with E-state index in [-0.39, 0.29) is 0 Å². The summed E-state index contributed by atoms with van der Waals surface area (Å²) in [6.45, 7) is 9.48. The third-order valence-electron chi connectivity index (χ3n) is 4.95. The minimum absolute atomic E-state index is 0.633. The summed E-state index contributed by atoms with van der Waals surface area (Å²) < 4.78 is 0. The Balaban J connectivity index is 1.57. The lowest BCUT2D eigenvalue weighted by molar-refractivity contribution is 0.177. The molecule has 2 aliphatic heterocycles. The first-order valence-corrected chi connectivity index (χ1v) is 8.58. The van der Waals surface area contributed by atoms with E-state index in [0.717, 1.165) is 0 Å². The van der Waals surface area contributed by atoms with E-state index in [1.807, 2.05) is 0 Å². The average Bonchev–Trinajstić information content (AvgIpc) is 3.02. The molecule has 2 fully saturated rings. The maximum absolute atomic E-state index is 3.75. The molecule has 0 aliphatic carbocycles. The molecule has 0 atom stereocenters. The van der Waals surface area contributed by atoms with Crippen LogP contribution in [0, 0.1) is 0 Å². The molecule has 0 saturated carbocycles.